The van der Waals surface area contributed by atoms with Crippen molar-refractivity contribution in [2.45, 2.75) is 123 Å². The van der Waals surface area contributed by atoms with Gasteiger partial charge in [0.25, 0.3) is 0 Å². The molecule has 1 aliphatic carbocycles. The van der Waals surface area contributed by atoms with Gasteiger partial charge in [-0.05, 0) is 58.3 Å². The first-order valence-corrected chi connectivity index (χ1v) is 13.3. The van der Waals surface area contributed by atoms with E-state index in [4.69, 9.17) is 4.74 Å². The molecule has 4 atom stereocenters. The first-order valence-electron chi connectivity index (χ1n) is 13.3. The molecule has 0 aromatic heterocycles. The number of nitrogens with zero attached hydrogens (tertiary/aromatic N) is 1. The molecule has 1 aliphatic heterocycles. The summed E-state index contributed by atoms with van der Waals surface area (Å²) in [5.74, 6) is -1.70. The summed E-state index contributed by atoms with van der Waals surface area (Å²) >= 11 is 0. The van der Waals surface area contributed by atoms with Crippen LogP contribution in [0, 0.1) is 11.8 Å². The molecule has 200 valence electrons. The average Bonchev–Trinajstić information content (AvgIpc) is 2.80. The highest BCUT2D eigenvalue weighted by molar-refractivity contribution is 5.93. The Kier molecular flexibility index (Phi) is 10.8. The summed E-state index contributed by atoms with van der Waals surface area (Å²) in [7, 11) is 0. The number of carboxylic acid groups (broad SMARTS) is 1. The lowest BCUT2D eigenvalue weighted by molar-refractivity contribution is -0.154. The maximum absolute atomic E-state index is 13.5. The predicted molar refractivity (Wildman–Crippen MR) is 133 cm³/mol. The molecule has 3 amide bonds. The molecule has 2 fully saturated rings. The molecular formula is C26H45N3O6. The molecule has 3 N–H and O–H groups in total. The molecule has 1 saturated heterocycles. The smallest absolute Gasteiger partial charge is 0.408 e. The summed E-state index contributed by atoms with van der Waals surface area (Å²) in [6.45, 7) is 9.45. The molecule has 1 saturated carbocycles. The van der Waals surface area contributed by atoms with Crippen molar-refractivity contribution < 1.29 is 29.0 Å². The SMILES string of the molecule is CC[C@H](C)[C@H](NC(=O)[C@@H](CC1CCCCC1)NC(=O)OC(C)(C)C)C(=O)N1CCCCC1C(=O)O. The number of carbonyl (C=O) groups excluding carboxylic acids is 3. The number of amides is 3. The zero-order valence-corrected chi connectivity index (χ0v) is 22.1. The summed E-state index contributed by atoms with van der Waals surface area (Å²) in [4.78, 5) is 52.7. The summed E-state index contributed by atoms with van der Waals surface area (Å²) in [6.07, 6.45) is 7.74. The number of aliphatic carboxylic acids is 1. The predicted octanol–water partition coefficient (Wildman–Crippen LogP) is 3.85. The van der Waals surface area contributed by atoms with E-state index in [1.165, 1.54) is 11.3 Å². The average molecular weight is 496 g/mol. The van der Waals surface area contributed by atoms with Gasteiger partial charge in [0.1, 0.15) is 23.7 Å². The third-order valence-corrected chi connectivity index (χ3v) is 7.15. The number of hydrogen-bond donors (Lipinski definition) is 3. The van der Waals surface area contributed by atoms with Crippen molar-refractivity contribution in [2.24, 2.45) is 11.8 Å². The van der Waals surface area contributed by atoms with E-state index >= 15 is 0 Å². The molecule has 9 nitrogen and oxygen atoms in total. The van der Waals surface area contributed by atoms with Crippen molar-refractivity contribution in [3.63, 3.8) is 0 Å². The topological polar surface area (TPSA) is 125 Å². The largest absolute Gasteiger partial charge is 0.480 e. The first-order chi connectivity index (χ1) is 16.4. The third kappa shape index (κ3) is 9.00. The number of piperidine rings is 1. The zero-order valence-electron chi connectivity index (χ0n) is 22.1. The Morgan fingerprint density at radius 2 is 1.63 bits per heavy atom. The van der Waals surface area contributed by atoms with E-state index < -0.39 is 41.7 Å². The van der Waals surface area contributed by atoms with Crippen LogP contribution in [0.3, 0.4) is 0 Å². The second-order valence-corrected chi connectivity index (χ2v) is 11.2. The lowest BCUT2D eigenvalue weighted by atomic mass is 9.84. The van der Waals surface area contributed by atoms with E-state index in [1.54, 1.807) is 20.8 Å². The number of carboxylic acids is 1. The Balaban J connectivity index is 2.20. The number of nitrogens with one attached hydrogen (secondary N) is 2. The van der Waals surface area contributed by atoms with Gasteiger partial charge in [-0.3, -0.25) is 9.59 Å². The minimum absolute atomic E-state index is 0.195. The van der Waals surface area contributed by atoms with Crippen molar-refractivity contribution in [3.05, 3.63) is 0 Å². The molecule has 0 radical (unpaired) electrons. The maximum atomic E-state index is 13.5. The minimum Gasteiger partial charge on any atom is -0.480 e. The van der Waals surface area contributed by atoms with Gasteiger partial charge in [0.05, 0.1) is 0 Å². The molecule has 1 unspecified atom stereocenters. The van der Waals surface area contributed by atoms with Gasteiger partial charge in [-0.2, -0.15) is 0 Å². The van der Waals surface area contributed by atoms with E-state index in [1.807, 2.05) is 13.8 Å². The molecule has 0 bridgehead atoms. The lowest BCUT2D eigenvalue weighted by Crippen LogP contribution is -2.60. The Hall–Kier alpha value is -2.32. The van der Waals surface area contributed by atoms with Crippen LogP contribution in [0.2, 0.25) is 0 Å². The minimum atomic E-state index is -1.02. The van der Waals surface area contributed by atoms with Crippen LogP contribution in [0.25, 0.3) is 0 Å². The van der Waals surface area contributed by atoms with Gasteiger partial charge in [0.15, 0.2) is 0 Å². The Bertz CT molecular complexity index is 744. The highest BCUT2D eigenvalue weighted by Crippen LogP contribution is 2.28. The van der Waals surface area contributed by atoms with Gasteiger partial charge in [0, 0.05) is 6.54 Å². The third-order valence-electron chi connectivity index (χ3n) is 7.15. The van der Waals surface area contributed by atoms with Crippen molar-refractivity contribution in [1.29, 1.82) is 0 Å². The van der Waals surface area contributed by atoms with Crippen LogP contribution < -0.4 is 10.6 Å². The summed E-state index contributed by atoms with van der Waals surface area (Å²) < 4.78 is 5.39. The summed E-state index contributed by atoms with van der Waals surface area (Å²) in [5, 5.41) is 15.3. The molecule has 2 rings (SSSR count). The highest BCUT2D eigenvalue weighted by Gasteiger charge is 2.39. The van der Waals surface area contributed by atoms with Crippen molar-refractivity contribution in [3.8, 4) is 0 Å². The van der Waals surface area contributed by atoms with Crippen LogP contribution in [0.1, 0.15) is 98.8 Å². The van der Waals surface area contributed by atoms with Crippen LogP contribution >= 0.6 is 0 Å². The maximum Gasteiger partial charge on any atom is 0.408 e. The number of likely N-dealkylation sites (tertiary alicyclic amines) is 1. The van der Waals surface area contributed by atoms with Gasteiger partial charge in [-0.1, -0.05) is 52.4 Å². The van der Waals surface area contributed by atoms with Gasteiger partial charge in [0.2, 0.25) is 11.8 Å². The first kappa shape index (κ1) is 28.9. The second kappa shape index (κ2) is 13.1. The molecule has 0 aromatic carbocycles. The Morgan fingerprint density at radius 3 is 2.20 bits per heavy atom. The van der Waals surface area contributed by atoms with Crippen molar-refractivity contribution in [1.82, 2.24) is 15.5 Å². The van der Waals surface area contributed by atoms with Gasteiger partial charge < -0.3 is 25.4 Å². The van der Waals surface area contributed by atoms with Gasteiger partial charge >= 0.3 is 12.1 Å². The van der Waals surface area contributed by atoms with E-state index in [2.05, 4.69) is 10.6 Å². The quantitative estimate of drug-likeness (QED) is 0.446. The number of rotatable bonds is 9. The molecule has 2 aliphatic rings. The van der Waals surface area contributed by atoms with Crippen LogP contribution in [-0.2, 0) is 19.1 Å². The zero-order chi connectivity index (χ0) is 26.2. The molecule has 1 heterocycles. The molecule has 0 aromatic rings. The fourth-order valence-electron chi connectivity index (χ4n) is 5.01. The fourth-order valence-corrected chi connectivity index (χ4v) is 5.01. The van der Waals surface area contributed by atoms with Crippen LogP contribution in [0.15, 0.2) is 0 Å². The molecule has 35 heavy (non-hydrogen) atoms. The molecule has 0 spiro atoms. The highest BCUT2D eigenvalue weighted by atomic mass is 16.6. The lowest BCUT2D eigenvalue weighted by Gasteiger charge is -2.37. The van der Waals surface area contributed by atoms with Gasteiger partial charge in [-0.15, -0.1) is 0 Å². The fraction of sp³-hybridized carbons (Fsp3) is 0.846. The van der Waals surface area contributed by atoms with E-state index in [-0.39, 0.29) is 11.8 Å². The van der Waals surface area contributed by atoms with E-state index in [9.17, 15) is 24.3 Å². The number of hydrogen-bond acceptors (Lipinski definition) is 5. The van der Waals surface area contributed by atoms with Gasteiger partial charge in [-0.25, -0.2) is 9.59 Å². The van der Waals surface area contributed by atoms with E-state index in [0.29, 0.717) is 31.7 Å². The summed E-state index contributed by atoms with van der Waals surface area (Å²) in [5.41, 5.74) is -0.703. The second-order valence-electron chi connectivity index (χ2n) is 11.2. The number of carbonyl (C=O) groups is 4. The number of ether oxygens (including phenoxy) is 1. The number of alkyl carbamates (subject to hydrolysis) is 1. The molecule has 9 heteroatoms. The van der Waals surface area contributed by atoms with E-state index in [0.717, 1.165) is 38.5 Å². The Morgan fingerprint density at radius 1 is 1.00 bits per heavy atom. The van der Waals surface area contributed by atoms with Crippen LogP contribution in [0.4, 0.5) is 4.79 Å². The van der Waals surface area contributed by atoms with Crippen molar-refractivity contribution >= 4 is 23.9 Å². The monoisotopic (exact) mass is 495 g/mol. The van der Waals surface area contributed by atoms with Crippen LogP contribution in [0.5, 0.6) is 0 Å². The normalized spacial score (nSPS) is 22.0. The van der Waals surface area contributed by atoms with Crippen molar-refractivity contribution in [2.75, 3.05) is 6.54 Å². The Labute approximate surface area is 209 Å². The molecular weight excluding hydrogens is 450 g/mol. The standard InChI is InChI=1S/C26H45N3O6/c1-6-17(2)21(23(31)29-15-11-10-14-20(29)24(32)33)28-22(30)19(16-18-12-8-7-9-13-18)27-25(34)35-26(3,4)5/h17-21H,6-16H2,1-5H3,(H,27,34)(H,28,30)(H,32,33)/t17-,19+,20?,21-/m0/s1. The summed E-state index contributed by atoms with van der Waals surface area (Å²) in [6, 6.07) is -2.57. The van der Waals surface area contributed by atoms with Crippen LogP contribution in [-0.4, -0.2) is 64.2 Å².